The third kappa shape index (κ3) is 2.38. The van der Waals surface area contributed by atoms with E-state index < -0.39 is 12.2 Å². The first kappa shape index (κ1) is 13.0. The van der Waals surface area contributed by atoms with E-state index in [2.05, 4.69) is 9.97 Å². The number of aliphatic hydroxyl groups excluding tert-OH is 2. The molecule has 2 aromatic rings. The van der Waals surface area contributed by atoms with Crippen LogP contribution in [0.5, 0.6) is 0 Å². The number of fused-ring (bicyclic) bond motifs is 1. The number of aromatic nitrogens is 2. The molecule has 1 aromatic heterocycles. The molecule has 2 unspecified atom stereocenters. The molecule has 0 amide bonds. The minimum atomic E-state index is -1.12. The quantitative estimate of drug-likeness (QED) is 0.721. The van der Waals surface area contributed by atoms with E-state index in [0.717, 1.165) is 0 Å². The number of aryl methyl sites for hydroxylation is 1. The topological polar surface area (TPSA) is 86.2 Å². The fourth-order valence-electron chi connectivity index (χ4n) is 1.76. The molecule has 3 N–H and O–H groups in total. The van der Waals surface area contributed by atoms with Gasteiger partial charge in [0.1, 0.15) is 11.9 Å². The van der Waals surface area contributed by atoms with Gasteiger partial charge in [0, 0.05) is 0 Å². The molecule has 2 atom stereocenters. The lowest BCUT2D eigenvalue weighted by molar-refractivity contribution is 0.0328. The van der Waals surface area contributed by atoms with Gasteiger partial charge in [0.05, 0.1) is 22.9 Å². The smallest absolute Gasteiger partial charge is 0.258 e. The minimum Gasteiger partial charge on any atom is -0.389 e. The number of alkyl halides is 1. The van der Waals surface area contributed by atoms with Gasteiger partial charge in [-0.05, 0) is 24.6 Å². The van der Waals surface area contributed by atoms with E-state index in [1.54, 1.807) is 19.1 Å². The molecule has 1 heterocycles. The van der Waals surface area contributed by atoms with Crippen LogP contribution < -0.4 is 5.56 Å². The Hall–Kier alpha value is -1.43. The molecule has 6 heteroatoms. The van der Waals surface area contributed by atoms with Crippen LogP contribution in [0.4, 0.5) is 0 Å². The maximum Gasteiger partial charge on any atom is 0.258 e. The van der Waals surface area contributed by atoms with E-state index in [1.165, 1.54) is 6.07 Å². The van der Waals surface area contributed by atoms with Crippen molar-refractivity contribution in [1.29, 1.82) is 0 Å². The zero-order valence-corrected chi connectivity index (χ0v) is 10.5. The molecule has 0 aliphatic rings. The Labute approximate surface area is 108 Å². The van der Waals surface area contributed by atoms with Crippen molar-refractivity contribution in [2.24, 2.45) is 0 Å². The molecular weight excluding hydrogens is 256 g/mol. The highest BCUT2D eigenvalue weighted by molar-refractivity contribution is 6.18. The lowest BCUT2D eigenvalue weighted by Gasteiger charge is -2.15. The van der Waals surface area contributed by atoms with Crippen LogP contribution in [0, 0.1) is 6.92 Å². The van der Waals surface area contributed by atoms with Crippen LogP contribution in [0.2, 0.25) is 0 Å². The number of aromatic amines is 1. The number of hydrogen-bond donors (Lipinski definition) is 3. The number of aliphatic hydroxyl groups is 2. The van der Waals surface area contributed by atoms with E-state index in [-0.39, 0.29) is 11.4 Å². The van der Waals surface area contributed by atoms with Gasteiger partial charge in [0.25, 0.3) is 5.56 Å². The van der Waals surface area contributed by atoms with Gasteiger partial charge in [-0.25, -0.2) is 4.98 Å². The summed E-state index contributed by atoms with van der Waals surface area (Å²) in [5.41, 5.74) is 0.714. The summed E-state index contributed by atoms with van der Waals surface area (Å²) in [7, 11) is 0. The van der Waals surface area contributed by atoms with Crippen molar-refractivity contribution in [3.8, 4) is 0 Å². The summed E-state index contributed by atoms with van der Waals surface area (Å²) in [4.78, 5) is 18.5. The summed E-state index contributed by atoms with van der Waals surface area (Å²) >= 11 is 5.48. The van der Waals surface area contributed by atoms with Crippen molar-refractivity contribution in [3.63, 3.8) is 0 Å². The number of benzene rings is 1. The Bertz CT molecular complexity index is 626. The number of hydrogen-bond acceptors (Lipinski definition) is 4. The Morgan fingerprint density at radius 2 is 2.17 bits per heavy atom. The molecule has 96 valence electrons. The molecule has 0 aliphatic carbocycles. The van der Waals surface area contributed by atoms with E-state index in [4.69, 9.17) is 11.6 Å². The van der Waals surface area contributed by atoms with Gasteiger partial charge in [-0.2, -0.15) is 0 Å². The highest BCUT2D eigenvalue weighted by Crippen LogP contribution is 2.20. The summed E-state index contributed by atoms with van der Waals surface area (Å²) in [6.07, 6.45) is -2.19. The Balaban J connectivity index is 2.54. The minimum absolute atomic E-state index is 0.0816. The predicted molar refractivity (Wildman–Crippen MR) is 68.8 cm³/mol. The largest absolute Gasteiger partial charge is 0.389 e. The molecular formula is C12H13ClN2O3. The Morgan fingerprint density at radius 3 is 2.83 bits per heavy atom. The van der Waals surface area contributed by atoms with Gasteiger partial charge < -0.3 is 15.2 Å². The molecule has 2 rings (SSSR count). The van der Waals surface area contributed by atoms with Crippen molar-refractivity contribution >= 4 is 22.5 Å². The van der Waals surface area contributed by atoms with Crippen LogP contribution in [0.25, 0.3) is 10.9 Å². The summed E-state index contributed by atoms with van der Waals surface area (Å²) < 4.78 is 0. The monoisotopic (exact) mass is 268 g/mol. The first-order chi connectivity index (χ1) is 8.52. The highest BCUT2D eigenvalue weighted by Gasteiger charge is 2.18. The molecule has 1 aromatic carbocycles. The van der Waals surface area contributed by atoms with Crippen LogP contribution >= 0.6 is 11.6 Å². The molecule has 0 aliphatic heterocycles. The summed E-state index contributed by atoms with van der Waals surface area (Å²) in [5, 5.41) is 19.7. The van der Waals surface area contributed by atoms with E-state index in [1.807, 2.05) is 0 Å². The molecule has 0 fully saturated rings. The molecule has 0 bridgehead atoms. The molecule has 0 spiro atoms. The number of H-pyrrole nitrogens is 1. The van der Waals surface area contributed by atoms with Crippen molar-refractivity contribution in [3.05, 3.63) is 39.9 Å². The summed E-state index contributed by atoms with van der Waals surface area (Å²) in [6.45, 7) is 1.70. The summed E-state index contributed by atoms with van der Waals surface area (Å²) in [5.74, 6) is 0.448. The standard InChI is InChI=1S/C12H13ClN2O3/c1-6-14-9-3-2-7(11(17)10(16)5-13)4-8(9)12(18)15-6/h2-4,10-11,16-17H,5H2,1H3,(H,14,15,18). The van der Waals surface area contributed by atoms with Crippen LogP contribution in [0.1, 0.15) is 17.5 Å². The number of halogens is 1. The van der Waals surface area contributed by atoms with Crippen LogP contribution in [0.15, 0.2) is 23.0 Å². The average molecular weight is 269 g/mol. The zero-order valence-electron chi connectivity index (χ0n) is 9.72. The van der Waals surface area contributed by atoms with Gasteiger partial charge in [-0.3, -0.25) is 4.79 Å². The van der Waals surface area contributed by atoms with E-state index in [0.29, 0.717) is 22.3 Å². The molecule has 5 nitrogen and oxygen atoms in total. The molecule has 0 saturated heterocycles. The fraction of sp³-hybridized carbons (Fsp3) is 0.333. The van der Waals surface area contributed by atoms with Crippen LogP contribution in [-0.4, -0.2) is 32.2 Å². The number of rotatable bonds is 3. The van der Waals surface area contributed by atoms with Gasteiger partial charge in [-0.1, -0.05) is 6.07 Å². The zero-order chi connectivity index (χ0) is 13.3. The fourth-order valence-corrected chi connectivity index (χ4v) is 1.93. The van der Waals surface area contributed by atoms with Crippen molar-refractivity contribution < 1.29 is 10.2 Å². The first-order valence-corrected chi connectivity index (χ1v) is 5.99. The molecule has 0 radical (unpaired) electrons. The molecule has 0 saturated carbocycles. The molecule has 18 heavy (non-hydrogen) atoms. The van der Waals surface area contributed by atoms with Crippen molar-refractivity contribution in [1.82, 2.24) is 9.97 Å². The van der Waals surface area contributed by atoms with Gasteiger partial charge >= 0.3 is 0 Å². The second kappa shape index (κ2) is 5.06. The first-order valence-electron chi connectivity index (χ1n) is 5.45. The van der Waals surface area contributed by atoms with E-state index >= 15 is 0 Å². The maximum atomic E-state index is 11.7. The average Bonchev–Trinajstić information content (AvgIpc) is 2.36. The van der Waals surface area contributed by atoms with Crippen LogP contribution in [0.3, 0.4) is 0 Å². The van der Waals surface area contributed by atoms with Crippen LogP contribution in [-0.2, 0) is 0 Å². The SMILES string of the molecule is Cc1nc2ccc(C(O)C(O)CCl)cc2c(=O)[nH]1. The van der Waals surface area contributed by atoms with E-state index in [9.17, 15) is 15.0 Å². The third-order valence-electron chi connectivity index (χ3n) is 2.71. The Morgan fingerprint density at radius 1 is 1.44 bits per heavy atom. The van der Waals surface area contributed by atoms with Crippen molar-refractivity contribution in [2.45, 2.75) is 19.1 Å². The predicted octanol–water partition coefficient (Wildman–Crippen LogP) is 0.865. The van der Waals surface area contributed by atoms with Gasteiger partial charge in [-0.15, -0.1) is 11.6 Å². The van der Waals surface area contributed by atoms with Gasteiger partial charge in [0.15, 0.2) is 0 Å². The maximum absolute atomic E-state index is 11.7. The lowest BCUT2D eigenvalue weighted by atomic mass is 10.0. The number of nitrogens with one attached hydrogen (secondary N) is 1. The second-order valence-electron chi connectivity index (χ2n) is 4.09. The van der Waals surface area contributed by atoms with Crippen molar-refractivity contribution in [2.75, 3.05) is 5.88 Å². The summed E-state index contributed by atoms with van der Waals surface area (Å²) in [6, 6.07) is 4.77. The Kier molecular flexibility index (Phi) is 3.65. The highest BCUT2D eigenvalue weighted by atomic mass is 35.5. The lowest BCUT2D eigenvalue weighted by Crippen LogP contribution is -2.20. The van der Waals surface area contributed by atoms with Gasteiger partial charge in [0.2, 0.25) is 0 Å². The second-order valence-corrected chi connectivity index (χ2v) is 4.40. The number of nitrogens with zero attached hydrogens (tertiary/aromatic N) is 1. The normalized spacial score (nSPS) is 14.7. The third-order valence-corrected chi connectivity index (χ3v) is 3.03.